The van der Waals surface area contributed by atoms with Crippen LogP contribution in [0.4, 0.5) is 16.2 Å². The minimum atomic E-state index is -0.507. The molecule has 3 fully saturated rings. The summed E-state index contributed by atoms with van der Waals surface area (Å²) in [6.45, 7) is 10.4. The lowest BCUT2D eigenvalue weighted by molar-refractivity contribution is -0.0369. The topological polar surface area (TPSA) is 53.6 Å². The van der Waals surface area contributed by atoms with Crippen LogP contribution in [0.2, 0.25) is 0 Å². The molecule has 4 rings (SSSR count). The van der Waals surface area contributed by atoms with E-state index in [9.17, 15) is 4.79 Å². The fourth-order valence-corrected chi connectivity index (χ4v) is 6.52. The van der Waals surface area contributed by atoms with Crippen LogP contribution in [0, 0.1) is 11.8 Å². The first-order valence-corrected chi connectivity index (χ1v) is 12.9. The molecule has 3 atom stereocenters. The number of nitrogens with one attached hydrogen (secondary N) is 2. The number of fused-ring (bicyclic) bond motifs is 2. The third kappa shape index (κ3) is 5.59. The van der Waals surface area contributed by atoms with Crippen molar-refractivity contribution in [1.29, 1.82) is 0 Å². The third-order valence-corrected chi connectivity index (χ3v) is 7.92. The molecule has 0 spiro atoms. The SMILES string of the molecule is CCC1CC2CCCC(N3CCC(Nc4ccccc4NC(=O)OC(C)(C)C)CC3)(C1)C2. The van der Waals surface area contributed by atoms with Crippen molar-refractivity contribution < 1.29 is 9.53 Å². The van der Waals surface area contributed by atoms with Crippen molar-refractivity contribution in [3.05, 3.63) is 24.3 Å². The van der Waals surface area contributed by atoms with Gasteiger partial charge in [-0.25, -0.2) is 4.79 Å². The monoisotopic (exact) mass is 441 g/mol. The van der Waals surface area contributed by atoms with Crippen molar-refractivity contribution in [3.63, 3.8) is 0 Å². The normalized spacial score (nSPS) is 29.4. The number of nitrogens with zero attached hydrogens (tertiary/aromatic N) is 1. The molecule has 3 unspecified atom stereocenters. The number of piperidine rings is 1. The van der Waals surface area contributed by atoms with Crippen LogP contribution < -0.4 is 10.6 Å². The molecule has 1 aromatic carbocycles. The average Bonchev–Trinajstić information content (AvgIpc) is 2.74. The molecular formula is C27H43N3O2. The summed E-state index contributed by atoms with van der Waals surface area (Å²) in [5.74, 6) is 1.89. The van der Waals surface area contributed by atoms with E-state index >= 15 is 0 Å². The van der Waals surface area contributed by atoms with Gasteiger partial charge >= 0.3 is 6.09 Å². The highest BCUT2D eigenvalue weighted by Crippen LogP contribution is 2.50. The lowest BCUT2D eigenvalue weighted by Crippen LogP contribution is -2.58. The summed E-state index contributed by atoms with van der Waals surface area (Å²) in [7, 11) is 0. The molecule has 2 aliphatic carbocycles. The number of ether oxygens (including phenoxy) is 1. The Labute approximate surface area is 194 Å². The Morgan fingerprint density at radius 3 is 2.53 bits per heavy atom. The van der Waals surface area contributed by atoms with Crippen molar-refractivity contribution >= 4 is 17.5 Å². The van der Waals surface area contributed by atoms with E-state index in [0.717, 1.165) is 36.1 Å². The van der Waals surface area contributed by atoms with Gasteiger partial charge in [-0.2, -0.15) is 0 Å². The summed E-state index contributed by atoms with van der Waals surface area (Å²) in [4.78, 5) is 15.1. The molecule has 1 saturated heterocycles. The molecule has 0 radical (unpaired) electrons. The minimum Gasteiger partial charge on any atom is -0.444 e. The van der Waals surface area contributed by atoms with Crippen molar-refractivity contribution in [2.45, 2.75) is 103 Å². The second-order valence-electron chi connectivity index (χ2n) is 11.5. The van der Waals surface area contributed by atoms with E-state index in [1.165, 1.54) is 58.0 Å². The van der Waals surface area contributed by atoms with Gasteiger partial charge < -0.3 is 10.1 Å². The van der Waals surface area contributed by atoms with Gasteiger partial charge in [-0.3, -0.25) is 10.2 Å². The van der Waals surface area contributed by atoms with Crippen LogP contribution in [0.1, 0.15) is 85.5 Å². The Hall–Kier alpha value is -1.75. The smallest absolute Gasteiger partial charge is 0.412 e. The Morgan fingerprint density at radius 2 is 1.84 bits per heavy atom. The summed E-state index contributed by atoms with van der Waals surface area (Å²) in [5.41, 5.74) is 1.74. The second-order valence-corrected chi connectivity index (χ2v) is 11.5. The molecule has 1 aromatic rings. The first kappa shape index (κ1) is 23.4. The highest BCUT2D eigenvalue weighted by molar-refractivity contribution is 5.89. The van der Waals surface area contributed by atoms with Crippen molar-refractivity contribution in [1.82, 2.24) is 4.90 Å². The maximum absolute atomic E-state index is 12.3. The quantitative estimate of drug-likeness (QED) is 0.536. The highest BCUT2D eigenvalue weighted by Gasteiger charge is 2.46. The van der Waals surface area contributed by atoms with Crippen LogP contribution in [0.15, 0.2) is 24.3 Å². The van der Waals surface area contributed by atoms with Gasteiger partial charge in [0, 0.05) is 24.7 Å². The summed E-state index contributed by atoms with van der Waals surface area (Å²) >= 11 is 0. The Bertz CT molecular complexity index is 781. The fourth-order valence-electron chi connectivity index (χ4n) is 6.52. The number of hydrogen-bond donors (Lipinski definition) is 2. The van der Waals surface area contributed by atoms with Crippen LogP contribution >= 0.6 is 0 Å². The Kier molecular flexibility index (Phi) is 7.04. The number of carbonyl (C=O) groups is 1. The Morgan fingerprint density at radius 1 is 1.12 bits per heavy atom. The first-order valence-electron chi connectivity index (χ1n) is 12.9. The van der Waals surface area contributed by atoms with E-state index in [1.807, 2.05) is 39.0 Å². The zero-order chi connectivity index (χ0) is 22.8. The van der Waals surface area contributed by atoms with Crippen LogP contribution in [0.3, 0.4) is 0 Å². The summed E-state index contributed by atoms with van der Waals surface area (Å²) < 4.78 is 5.44. The molecule has 5 nitrogen and oxygen atoms in total. The third-order valence-electron chi connectivity index (χ3n) is 7.92. The fraction of sp³-hybridized carbons (Fsp3) is 0.741. The van der Waals surface area contributed by atoms with E-state index in [1.54, 1.807) is 0 Å². The Balaban J connectivity index is 1.35. The van der Waals surface area contributed by atoms with Crippen LogP contribution in [0.5, 0.6) is 0 Å². The zero-order valence-corrected chi connectivity index (χ0v) is 20.6. The maximum Gasteiger partial charge on any atom is 0.412 e. The van der Waals surface area contributed by atoms with Crippen molar-refractivity contribution in [2.24, 2.45) is 11.8 Å². The highest BCUT2D eigenvalue weighted by atomic mass is 16.6. The molecule has 1 heterocycles. The van der Waals surface area contributed by atoms with Crippen molar-refractivity contribution in [2.75, 3.05) is 23.7 Å². The minimum absolute atomic E-state index is 0.407. The van der Waals surface area contributed by atoms with Gasteiger partial charge in [-0.1, -0.05) is 38.3 Å². The number of amides is 1. The molecule has 5 heteroatoms. The molecule has 2 N–H and O–H groups in total. The zero-order valence-electron chi connectivity index (χ0n) is 20.6. The van der Waals surface area contributed by atoms with E-state index < -0.39 is 11.7 Å². The van der Waals surface area contributed by atoms with E-state index in [2.05, 4.69) is 28.5 Å². The van der Waals surface area contributed by atoms with Gasteiger partial charge in [-0.05, 0) is 83.3 Å². The summed E-state index contributed by atoms with van der Waals surface area (Å²) in [5, 5.41) is 6.64. The van der Waals surface area contributed by atoms with Gasteiger partial charge in [0.15, 0.2) is 0 Å². The average molecular weight is 442 g/mol. The van der Waals surface area contributed by atoms with Gasteiger partial charge in [0.05, 0.1) is 11.4 Å². The number of carbonyl (C=O) groups excluding carboxylic acids is 1. The van der Waals surface area contributed by atoms with Gasteiger partial charge in [0.1, 0.15) is 5.60 Å². The number of anilines is 2. The number of hydrogen-bond acceptors (Lipinski definition) is 4. The van der Waals surface area contributed by atoms with Gasteiger partial charge in [0.25, 0.3) is 0 Å². The predicted octanol–water partition coefficient (Wildman–Crippen LogP) is 6.66. The van der Waals surface area contributed by atoms with Crippen molar-refractivity contribution in [3.8, 4) is 0 Å². The lowest BCUT2D eigenvalue weighted by atomic mass is 9.62. The maximum atomic E-state index is 12.3. The molecule has 1 amide bonds. The molecule has 32 heavy (non-hydrogen) atoms. The van der Waals surface area contributed by atoms with E-state index in [0.29, 0.717) is 11.6 Å². The first-order chi connectivity index (χ1) is 15.3. The van der Waals surface area contributed by atoms with Gasteiger partial charge in [0.2, 0.25) is 0 Å². The molecular weight excluding hydrogens is 398 g/mol. The van der Waals surface area contributed by atoms with Crippen LogP contribution in [0.25, 0.3) is 0 Å². The molecule has 3 aliphatic rings. The van der Waals surface area contributed by atoms with Crippen LogP contribution in [-0.2, 0) is 4.74 Å². The molecule has 2 bridgehead atoms. The van der Waals surface area contributed by atoms with E-state index in [4.69, 9.17) is 4.74 Å². The summed E-state index contributed by atoms with van der Waals surface area (Å²) in [6, 6.07) is 8.40. The number of benzene rings is 1. The molecule has 1 aliphatic heterocycles. The molecule has 178 valence electrons. The van der Waals surface area contributed by atoms with E-state index in [-0.39, 0.29) is 0 Å². The van der Waals surface area contributed by atoms with Crippen LogP contribution in [-0.4, -0.2) is 41.3 Å². The largest absolute Gasteiger partial charge is 0.444 e. The number of para-hydroxylation sites is 2. The summed E-state index contributed by atoms with van der Waals surface area (Å²) in [6.07, 6.45) is 11.9. The standard InChI is InChI=1S/C27H43N3O2/c1-5-20-17-21-9-8-14-27(18-20,19-21)30-15-12-22(13-16-30)28-23-10-6-7-11-24(23)29-25(31)32-26(2,3)4/h6-7,10-11,20-22,28H,5,8-9,12-19H2,1-4H3,(H,29,31). The molecule has 0 aromatic heterocycles. The lowest BCUT2D eigenvalue weighted by Gasteiger charge is -2.55. The number of likely N-dealkylation sites (tertiary alicyclic amines) is 1. The predicted molar refractivity (Wildman–Crippen MR) is 132 cm³/mol. The molecule has 2 saturated carbocycles. The van der Waals surface area contributed by atoms with Gasteiger partial charge in [-0.15, -0.1) is 0 Å². The second kappa shape index (κ2) is 9.62. The number of rotatable bonds is 5.